The van der Waals surface area contributed by atoms with Crippen LogP contribution in [0.15, 0.2) is 36.5 Å². The Bertz CT molecular complexity index is 941. The van der Waals surface area contributed by atoms with Gasteiger partial charge in [0.1, 0.15) is 11.5 Å². The zero-order valence-corrected chi connectivity index (χ0v) is 15.9. The average molecular weight is 363 g/mol. The highest BCUT2D eigenvalue weighted by atomic mass is 16.2. The molecule has 0 unspecified atom stereocenters. The van der Waals surface area contributed by atoms with Gasteiger partial charge in [0.05, 0.1) is 18.4 Å². The first kappa shape index (κ1) is 17.5. The minimum Gasteiger partial charge on any atom is -0.334 e. The van der Waals surface area contributed by atoms with Crippen molar-refractivity contribution in [1.29, 1.82) is 0 Å². The van der Waals surface area contributed by atoms with Crippen LogP contribution in [0.1, 0.15) is 46.7 Å². The molecule has 2 heterocycles. The number of aryl methyl sites for hydroxylation is 1. The van der Waals surface area contributed by atoms with Crippen LogP contribution in [0.2, 0.25) is 0 Å². The molecule has 27 heavy (non-hydrogen) atoms. The number of carbonyl (C=O) groups is 1. The van der Waals surface area contributed by atoms with Crippen LogP contribution in [0.25, 0.3) is 11.4 Å². The van der Waals surface area contributed by atoms with Crippen LogP contribution in [0.4, 0.5) is 0 Å². The summed E-state index contributed by atoms with van der Waals surface area (Å²) >= 11 is 0. The highest BCUT2D eigenvalue weighted by molar-refractivity contribution is 5.93. The Morgan fingerprint density at radius 1 is 1.19 bits per heavy atom. The Morgan fingerprint density at radius 2 is 1.96 bits per heavy atom. The predicted octanol–water partition coefficient (Wildman–Crippen LogP) is 3.35. The quantitative estimate of drug-likeness (QED) is 0.723. The lowest BCUT2D eigenvalue weighted by Crippen LogP contribution is -2.28. The molecule has 6 heteroatoms. The maximum absolute atomic E-state index is 13.0. The van der Waals surface area contributed by atoms with Gasteiger partial charge < -0.3 is 9.47 Å². The van der Waals surface area contributed by atoms with E-state index in [1.807, 2.05) is 49.0 Å². The van der Waals surface area contributed by atoms with Gasteiger partial charge in [0, 0.05) is 25.4 Å². The number of aromatic nitrogens is 4. The lowest BCUT2D eigenvalue weighted by Gasteiger charge is -2.17. The minimum absolute atomic E-state index is 0.0439. The number of amides is 1. The first-order chi connectivity index (χ1) is 13.1. The number of nitrogens with zero attached hydrogens (tertiary/aromatic N) is 4. The number of imidazole rings is 1. The van der Waals surface area contributed by atoms with Crippen molar-refractivity contribution in [3.05, 3.63) is 59.2 Å². The third-order valence-electron chi connectivity index (χ3n) is 5.36. The Labute approximate surface area is 159 Å². The van der Waals surface area contributed by atoms with E-state index < -0.39 is 0 Å². The standard InChI is InChI=1S/C21H25N5O/c1-25(14-18-16-11-7-4-8-12-17(16)23-24-18)21(27)19-13-22-20(26(19)2)15-9-5-3-6-10-15/h3,5-6,9-10,13H,4,7-8,11-12,14H2,1-2H3,(H,23,24). The van der Waals surface area contributed by atoms with E-state index in [1.165, 1.54) is 30.5 Å². The number of H-pyrrole nitrogens is 1. The van der Waals surface area contributed by atoms with Crippen molar-refractivity contribution in [2.24, 2.45) is 7.05 Å². The molecule has 140 valence electrons. The normalized spacial score (nSPS) is 13.9. The van der Waals surface area contributed by atoms with E-state index in [1.54, 1.807) is 11.1 Å². The van der Waals surface area contributed by atoms with Gasteiger partial charge in [0.15, 0.2) is 0 Å². The van der Waals surface area contributed by atoms with Crippen LogP contribution in [-0.4, -0.2) is 37.6 Å². The molecule has 0 atom stereocenters. The van der Waals surface area contributed by atoms with Crippen molar-refractivity contribution in [3.8, 4) is 11.4 Å². The average Bonchev–Trinajstić information content (AvgIpc) is 3.16. The molecule has 1 amide bonds. The van der Waals surface area contributed by atoms with Crippen molar-refractivity contribution in [2.75, 3.05) is 7.05 Å². The van der Waals surface area contributed by atoms with E-state index in [9.17, 15) is 4.79 Å². The highest BCUT2D eigenvalue weighted by Gasteiger charge is 2.22. The highest BCUT2D eigenvalue weighted by Crippen LogP contribution is 2.23. The van der Waals surface area contributed by atoms with Crippen LogP contribution >= 0.6 is 0 Å². The second kappa shape index (κ2) is 7.39. The van der Waals surface area contributed by atoms with Crippen LogP contribution in [0.3, 0.4) is 0 Å². The Kier molecular flexibility index (Phi) is 4.79. The van der Waals surface area contributed by atoms with Gasteiger partial charge >= 0.3 is 0 Å². The van der Waals surface area contributed by atoms with Crippen LogP contribution < -0.4 is 0 Å². The maximum Gasteiger partial charge on any atom is 0.272 e. The molecule has 0 aliphatic heterocycles. The van der Waals surface area contributed by atoms with Crippen molar-refractivity contribution in [1.82, 2.24) is 24.6 Å². The van der Waals surface area contributed by atoms with Gasteiger partial charge in [-0.1, -0.05) is 36.8 Å². The second-order valence-corrected chi connectivity index (χ2v) is 7.24. The number of nitrogens with one attached hydrogen (secondary N) is 1. The molecular formula is C21H25N5O. The third kappa shape index (κ3) is 3.39. The first-order valence-corrected chi connectivity index (χ1v) is 9.52. The zero-order chi connectivity index (χ0) is 18.8. The first-order valence-electron chi connectivity index (χ1n) is 9.52. The van der Waals surface area contributed by atoms with Gasteiger partial charge in [0.25, 0.3) is 5.91 Å². The van der Waals surface area contributed by atoms with Crippen molar-refractivity contribution < 1.29 is 4.79 Å². The third-order valence-corrected chi connectivity index (χ3v) is 5.36. The number of hydrogen-bond donors (Lipinski definition) is 1. The van der Waals surface area contributed by atoms with E-state index in [-0.39, 0.29) is 5.91 Å². The molecule has 3 aromatic rings. The SMILES string of the molecule is CN(Cc1n[nH]c2c1CCCCC2)C(=O)c1cnc(-c2ccccc2)n1C. The van der Waals surface area contributed by atoms with Crippen molar-refractivity contribution in [2.45, 2.75) is 38.6 Å². The van der Waals surface area contributed by atoms with Crippen molar-refractivity contribution in [3.63, 3.8) is 0 Å². The van der Waals surface area contributed by atoms with Crippen LogP contribution in [-0.2, 0) is 26.4 Å². The molecule has 1 aliphatic rings. The smallest absolute Gasteiger partial charge is 0.272 e. The van der Waals surface area contributed by atoms with Crippen LogP contribution in [0.5, 0.6) is 0 Å². The Morgan fingerprint density at radius 3 is 2.78 bits per heavy atom. The molecule has 0 fully saturated rings. The number of fused-ring (bicyclic) bond motifs is 1. The van der Waals surface area contributed by atoms with Gasteiger partial charge in [-0.05, 0) is 31.2 Å². The van der Waals surface area contributed by atoms with E-state index >= 15 is 0 Å². The maximum atomic E-state index is 13.0. The summed E-state index contributed by atoms with van der Waals surface area (Å²) in [5.41, 5.74) is 5.13. The lowest BCUT2D eigenvalue weighted by atomic mass is 10.1. The molecule has 0 spiro atoms. The molecule has 4 rings (SSSR count). The molecule has 0 saturated carbocycles. The monoisotopic (exact) mass is 363 g/mol. The predicted molar refractivity (Wildman–Crippen MR) is 104 cm³/mol. The number of aromatic amines is 1. The van der Waals surface area contributed by atoms with Gasteiger partial charge in [-0.2, -0.15) is 5.10 Å². The van der Waals surface area contributed by atoms with Gasteiger partial charge in [0.2, 0.25) is 0 Å². The molecule has 1 aliphatic carbocycles. The summed E-state index contributed by atoms with van der Waals surface area (Å²) in [5, 5.41) is 7.67. The van der Waals surface area contributed by atoms with Gasteiger partial charge in [-0.25, -0.2) is 4.98 Å². The summed E-state index contributed by atoms with van der Waals surface area (Å²) in [5.74, 6) is 0.749. The fourth-order valence-electron chi connectivity index (χ4n) is 3.81. The molecule has 2 aromatic heterocycles. The number of hydrogen-bond acceptors (Lipinski definition) is 3. The van der Waals surface area contributed by atoms with E-state index in [0.717, 1.165) is 29.9 Å². The number of carbonyl (C=O) groups excluding carboxylic acids is 1. The van der Waals surface area contributed by atoms with Crippen LogP contribution in [0, 0.1) is 0 Å². The minimum atomic E-state index is -0.0439. The van der Waals surface area contributed by atoms with Gasteiger partial charge in [-0.3, -0.25) is 9.89 Å². The summed E-state index contributed by atoms with van der Waals surface area (Å²) in [7, 11) is 3.71. The topological polar surface area (TPSA) is 66.8 Å². The summed E-state index contributed by atoms with van der Waals surface area (Å²) in [6.07, 6.45) is 7.43. The summed E-state index contributed by atoms with van der Waals surface area (Å²) in [4.78, 5) is 19.2. The summed E-state index contributed by atoms with van der Waals surface area (Å²) < 4.78 is 1.86. The van der Waals surface area contributed by atoms with E-state index in [2.05, 4.69) is 15.2 Å². The fourth-order valence-corrected chi connectivity index (χ4v) is 3.81. The van der Waals surface area contributed by atoms with E-state index in [4.69, 9.17) is 0 Å². The lowest BCUT2D eigenvalue weighted by molar-refractivity contribution is 0.0773. The van der Waals surface area contributed by atoms with Gasteiger partial charge in [-0.15, -0.1) is 0 Å². The molecule has 0 saturated heterocycles. The van der Waals surface area contributed by atoms with Crippen molar-refractivity contribution >= 4 is 5.91 Å². The van der Waals surface area contributed by atoms with E-state index in [0.29, 0.717) is 12.2 Å². The molecule has 6 nitrogen and oxygen atoms in total. The summed E-state index contributed by atoms with van der Waals surface area (Å²) in [6.45, 7) is 0.510. The largest absolute Gasteiger partial charge is 0.334 e. The number of benzene rings is 1. The Hall–Kier alpha value is -2.89. The Balaban J connectivity index is 1.54. The molecule has 0 bridgehead atoms. The molecule has 0 radical (unpaired) electrons. The second-order valence-electron chi connectivity index (χ2n) is 7.24. The zero-order valence-electron chi connectivity index (χ0n) is 15.9. The summed E-state index contributed by atoms with van der Waals surface area (Å²) in [6, 6.07) is 9.92. The fraction of sp³-hybridized carbons (Fsp3) is 0.381. The molecule has 1 N–H and O–H groups in total. The molecular weight excluding hydrogens is 338 g/mol. The number of rotatable bonds is 4. The molecule has 1 aromatic carbocycles.